The van der Waals surface area contributed by atoms with Crippen molar-refractivity contribution in [2.45, 2.75) is 58.4 Å². The van der Waals surface area contributed by atoms with E-state index in [4.69, 9.17) is 0 Å². The maximum atomic E-state index is 12.9. The number of nitrogens with zero attached hydrogens (tertiary/aromatic N) is 3. The van der Waals surface area contributed by atoms with Crippen molar-refractivity contribution in [2.24, 2.45) is 5.92 Å². The Hall–Kier alpha value is -1.95. The SMILES string of the molecule is Cc1cccc(NC(=O)C2CCCN(C(C)C(=O)N3CCCCCC3)C2)n1. The van der Waals surface area contributed by atoms with E-state index in [-0.39, 0.29) is 23.8 Å². The summed E-state index contributed by atoms with van der Waals surface area (Å²) in [6, 6.07) is 5.47. The molecule has 0 bridgehead atoms. The average molecular weight is 373 g/mol. The highest BCUT2D eigenvalue weighted by atomic mass is 16.2. The quantitative estimate of drug-likeness (QED) is 0.883. The number of carbonyl (C=O) groups is 2. The molecule has 6 nitrogen and oxygen atoms in total. The second kappa shape index (κ2) is 9.31. The van der Waals surface area contributed by atoms with Crippen LogP contribution in [-0.2, 0) is 9.59 Å². The minimum Gasteiger partial charge on any atom is -0.341 e. The fourth-order valence-electron chi connectivity index (χ4n) is 4.12. The normalized spacial score (nSPS) is 22.7. The topological polar surface area (TPSA) is 65.5 Å². The van der Waals surface area contributed by atoms with Gasteiger partial charge in [-0.3, -0.25) is 14.5 Å². The standard InChI is InChI=1S/C21H32N4O2/c1-16-9-7-11-19(22-16)23-20(26)18-10-8-14-25(15-18)17(2)21(27)24-12-5-3-4-6-13-24/h7,9,11,17-18H,3-6,8,10,12-15H2,1-2H3,(H,22,23,26). The van der Waals surface area contributed by atoms with Crippen LogP contribution in [0.15, 0.2) is 18.2 Å². The zero-order valence-corrected chi connectivity index (χ0v) is 16.6. The first-order valence-electron chi connectivity index (χ1n) is 10.3. The smallest absolute Gasteiger partial charge is 0.239 e. The van der Waals surface area contributed by atoms with E-state index in [0.717, 1.165) is 51.0 Å². The van der Waals surface area contributed by atoms with Crippen molar-refractivity contribution >= 4 is 17.6 Å². The van der Waals surface area contributed by atoms with Crippen molar-refractivity contribution in [3.8, 4) is 0 Å². The molecular formula is C21H32N4O2. The Labute approximate surface area is 162 Å². The molecule has 0 radical (unpaired) electrons. The Morgan fingerprint density at radius 1 is 1.11 bits per heavy atom. The van der Waals surface area contributed by atoms with E-state index in [1.54, 1.807) is 0 Å². The molecule has 6 heteroatoms. The second-order valence-electron chi connectivity index (χ2n) is 7.90. The highest BCUT2D eigenvalue weighted by Crippen LogP contribution is 2.22. The van der Waals surface area contributed by atoms with Gasteiger partial charge in [-0.1, -0.05) is 18.9 Å². The largest absolute Gasteiger partial charge is 0.341 e. The molecule has 27 heavy (non-hydrogen) atoms. The van der Waals surface area contributed by atoms with Gasteiger partial charge in [-0.15, -0.1) is 0 Å². The molecule has 3 rings (SSSR count). The van der Waals surface area contributed by atoms with E-state index in [9.17, 15) is 9.59 Å². The molecule has 0 aromatic carbocycles. The molecule has 0 spiro atoms. The van der Waals surface area contributed by atoms with E-state index in [1.807, 2.05) is 36.9 Å². The van der Waals surface area contributed by atoms with Gasteiger partial charge in [0.05, 0.1) is 12.0 Å². The van der Waals surface area contributed by atoms with Crippen molar-refractivity contribution in [2.75, 3.05) is 31.5 Å². The molecule has 2 amide bonds. The van der Waals surface area contributed by atoms with Crippen molar-refractivity contribution in [1.82, 2.24) is 14.8 Å². The fourth-order valence-corrected chi connectivity index (χ4v) is 4.12. The maximum absolute atomic E-state index is 12.9. The van der Waals surface area contributed by atoms with Gasteiger partial charge in [-0.25, -0.2) is 4.98 Å². The Morgan fingerprint density at radius 3 is 2.56 bits per heavy atom. The predicted octanol–water partition coefficient (Wildman–Crippen LogP) is 2.83. The molecule has 1 aromatic rings. The zero-order chi connectivity index (χ0) is 19.2. The summed E-state index contributed by atoms with van der Waals surface area (Å²) in [5, 5.41) is 2.94. The number of pyridine rings is 1. The molecule has 2 atom stereocenters. The molecule has 1 N–H and O–H groups in total. The fraction of sp³-hybridized carbons (Fsp3) is 0.667. The zero-order valence-electron chi connectivity index (χ0n) is 16.6. The minimum absolute atomic E-state index is 0.00669. The van der Waals surface area contributed by atoms with Gasteiger partial charge in [0.1, 0.15) is 5.82 Å². The molecular weight excluding hydrogens is 340 g/mol. The van der Waals surface area contributed by atoms with Crippen LogP contribution in [0, 0.1) is 12.8 Å². The number of hydrogen-bond acceptors (Lipinski definition) is 4. The molecule has 0 aliphatic carbocycles. The van der Waals surface area contributed by atoms with Crippen LogP contribution in [0.4, 0.5) is 5.82 Å². The van der Waals surface area contributed by atoms with E-state index in [2.05, 4.69) is 15.2 Å². The van der Waals surface area contributed by atoms with Crippen molar-refractivity contribution < 1.29 is 9.59 Å². The highest BCUT2D eigenvalue weighted by molar-refractivity contribution is 5.92. The lowest BCUT2D eigenvalue weighted by Crippen LogP contribution is -2.52. The van der Waals surface area contributed by atoms with Gasteiger partial charge >= 0.3 is 0 Å². The summed E-state index contributed by atoms with van der Waals surface area (Å²) in [4.78, 5) is 34.2. The predicted molar refractivity (Wildman–Crippen MR) is 106 cm³/mol. The number of nitrogens with one attached hydrogen (secondary N) is 1. The number of likely N-dealkylation sites (tertiary alicyclic amines) is 2. The van der Waals surface area contributed by atoms with Gasteiger partial charge in [0.15, 0.2) is 0 Å². The van der Waals surface area contributed by atoms with Gasteiger partial charge in [0.2, 0.25) is 11.8 Å². The van der Waals surface area contributed by atoms with Gasteiger partial charge in [-0.2, -0.15) is 0 Å². The van der Waals surface area contributed by atoms with Gasteiger partial charge < -0.3 is 10.2 Å². The first kappa shape index (κ1) is 19.8. The molecule has 2 saturated heterocycles. The highest BCUT2D eigenvalue weighted by Gasteiger charge is 2.32. The average Bonchev–Trinajstić information content (AvgIpc) is 2.96. The molecule has 2 fully saturated rings. The summed E-state index contributed by atoms with van der Waals surface area (Å²) in [6.07, 6.45) is 6.45. The number of carbonyl (C=O) groups excluding carboxylic acids is 2. The van der Waals surface area contributed by atoms with Crippen LogP contribution >= 0.6 is 0 Å². The first-order chi connectivity index (χ1) is 13.0. The Bertz CT molecular complexity index is 655. The first-order valence-corrected chi connectivity index (χ1v) is 10.3. The second-order valence-corrected chi connectivity index (χ2v) is 7.90. The lowest BCUT2D eigenvalue weighted by atomic mass is 9.95. The Kier molecular flexibility index (Phi) is 6.83. The summed E-state index contributed by atoms with van der Waals surface area (Å²) in [5.41, 5.74) is 0.884. The number of amides is 2. The summed E-state index contributed by atoms with van der Waals surface area (Å²) >= 11 is 0. The molecule has 3 heterocycles. The van der Waals surface area contributed by atoms with Gasteiger partial charge in [-0.05, 0) is 58.2 Å². The van der Waals surface area contributed by atoms with Gasteiger partial charge in [0.25, 0.3) is 0 Å². The van der Waals surface area contributed by atoms with Crippen molar-refractivity contribution in [3.05, 3.63) is 23.9 Å². The summed E-state index contributed by atoms with van der Waals surface area (Å²) in [5.74, 6) is 0.733. The van der Waals surface area contributed by atoms with Crippen molar-refractivity contribution in [3.63, 3.8) is 0 Å². The van der Waals surface area contributed by atoms with Crippen LogP contribution in [0.3, 0.4) is 0 Å². The van der Waals surface area contributed by atoms with E-state index in [1.165, 1.54) is 12.8 Å². The van der Waals surface area contributed by atoms with Crippen LogP contribution in [0.1, 0.15) is 51.1 Å². The van der Waals surface area contributed by atoms with Crippen LogP contribution in [0.5, 0.6) is 0 Å². The van der Waals surface area contributed by atoms with Gasteiger partial charge in [0, 0.05) is 25.3 Å². The Morgan fingerprint density at radius 2 is 1.85 bits per heavy atom. The number of rotatable bonds is 4. The van der Waals surface area contributed by atoms with Crippen LogP contribution < -0.4 is 5.32 Å². The van der Waals surface area contributed by atoms with E-state index < -0.39 is 0 Å². The third kappa shape index (κ3) is 5.28. The van der Waals surface area contributed by atoms with Crippen LogP contribution in [-0.4, -0.2) is 58.8 Å². The lowest BCUT2D eigenvalue weighted by Gasteiger charge is -2.37. The molecule has 2 aliphatic rings. The van der Waals surface area contributed by atoms with Crippen LogP contribution in [0.25, 0.3) is 0 Å². The van der Waals surface area contributed by atoms with E-state index >= 15 is 0 Å². The number of anilines is 1. The number of piperidine rings is 1. The number of aryl methyl sites for hydroxylation is 1. The van der Waals surface area contributed by atoms with Crippen LogP contribution in [0.2, 0.25) is 0 Å². The summed E-state index contributed by atoms with van der Waals surface area (Å²) in [6.45, 7) is 7.18. The number of hydrogen-bond donors (Lipinski definition) is 1. The molecule has 1 aromatic heterocycles. The third-order valence-corrected chi connectivity index (χ3v) is 5.79. The molecule has 148 valence electrons. The monoisotopic (exact) mass is 372 g/mol. The molecule has 0 saturated carbocycles. The third-order valence-electron chi connectivity index (χ3n) is 5.79. The molecule has 2 unspecified atom stereocenters. The maximum Gasteiger partial charge on any atom is 0.239 e. The van der Waals surface area contributed by atoms with Crippen molar-refractivity contribution in [1.29, 1.82) is 0 Å². The Balaban J connectivity index is 1.57. The molecule has 2 aliphatic heterocycles. The summed E-state index contributed by atoms with van der Waals surface area (Å²) in [7, 11) is 0. The number of aromatic nitrogens is 1. The summed E-state index contributed by atoms with van der Waals surface area (Å²) < 4.78 is 0. The lowest BCUT2D eigenvalue weighted by molar-refractivity contribution is -0.138. The minimum atomic E-state index is -0.157. The van der Waals surface area contributed by atoms with E-state index in [0.29, 0.717) is 12.4 Å².